The summed E-state index contributed by atoms with van der Waals surface area (Å²) in [6, 6.07) is 9.63. The van der Waals surface area contributed by atoms with Crippen molar-refractivity contribution in [3.8, 4) is 0 Å². The second kappa shape index (κ2) is 6.08. The molecule has 2 aromatic rings. The van der Waals surface area contributed by atoms with Crippen molar-refractivity contribution in [2.45, 2.75) is 27.2 Å². The zero-order valence-corrected chi connectivity index (χ0v) is 14.4. The third-order valence-electron chi connectivity index (χ3n) is 4.58. The summed E-state index contributed by atoms with van der Waals surface area (Å²) >= 11 is 0. The van der Waals surface area contributed by atoms with E-state index in [4.69, 9.17) is 4.74 Å². The molecule has 0 radical (unpaired) electrons. The first-order valence-corrected chi connectivity index (χ1v) is 7.95. The number of carbonyl (C=O) groups excluding carboxylic acids is 2. The SMILES string of the molecule is COC(=O)c1cc(C)ccc1/C=C1\Cc2cc(C)c(C)cc2C1=O. The van der Waals surface area contributed by atoms with Crippen molar-refractivity contribution in [1.82, 2.24) is 0 Å². The number of allylic oxidation sites excluding steroid dienone is 1. The van der Waals surface area contributed by atoms with Crippen LogP contribution in [0.4, 0.5) is 0 Å². The monoisotopic (exact) mass is 320 g/mol. The van der Waals surface area contributed by atoms with Crippen LogP contribution in [0, 0.1) is 20.8 Å². The smallest absolute Gasteiger partial charge is 0.338 e. The van der Waals surface area contributed by atoms with Crippen molar-refractivity contribution in [1.29, 1.82) is 0 Å². The van der Waals surface area contributed by atoms with E-state index >= 15 is 0 Å². The lowest BCUT2D eigenvalue weighted by Crippen LogP contribution is -2.05. The molecule has 1 aliphatic rings. The molecule has 0 spiro atoms. The molecule has 1 aliphatic carbocycles. The van der Waals surface area contributed by atoms with Crippen LogP contribution in [0.15, 0.2) is 35.9 Å². The summed E-state index contributed by atoms with van der Waals surface area (Å²) in [5.74, 6) is -0.343. The van der Waals surface area contributed by atoms with Gasteiger partial charge in [-0.2, -0.15) is 0 Å². The first kappa shape index (κ1) is 16.2. The molecule has 0 heterocycles. The minimum absolute atomic E-state index is 0.0458. The van der Waals surface area contributed by atoms with Gasteiger partial charge in [0.25, 0.3) is 0 Å². The predicted molar refractivity (Wildman–Crippen MR) is 94.4 cm³/mol. The lowest BCUT2D eigenvalue weighted by Gasteiger charge is -2.06. The molecule has 0 N–H and O–H groups in total. The summed E-state index contributed by atoms with van der Waals surface area (Å²) < 4.78 is 4.86. The van der Waals surface area contributed by atoms with Gasteiger partial charge in [0, 0.05) is 17.6 Å². The molecule has 3 nitrogen and oxygen atoms in total. The van der Waals surface area contributed by atoms with Crippen LogP contribution in [-0.2, 0) is 11.2 Å². The lowest BCUT2D eigenvalue weighted by molar-refractivity contribution is 0.0600. The molecule has 0 aliphatic heterocycles. The van der Waals surface area contributed by atoms with Gasteiger partial charge < -0.3 is 4.74 Å². The second-order valence-electron chi connectivity index (χ2n) is 6.35. The van der Waals surface area contributed by atoms with E-state index in [1.54, 1.807) is 6.07 Å². The van der Waals surface area contributed by atoms with Gasteiger partial charge in [0.1, 0.15) is 0 Å². The molecule has 3 rings (SSSR count). The van der Waals surface area contributed by atoms with E-state index in [0.29, 0.717) is 17.6 Å². The summed E-state index contributed by atoms with van der Waals surface area (Å²) in [4.78, 5) is 24.7. The van der Waals surface area contributed by atoms with E-state index in [1.807, 2.05) is 38.1 Å². The Morgan fingerprint density at radius 2 is 1.79 bits per heavy atom. The number of benzene rings is 2. The quantitative estimate of drug-likeness (QED) is 0.614. The Morgan fingerprint density at radius 3 is 2.50 bits per heavy atom. The molecule has 0 atom stereocenters. The predicted octanol–water partition coefficient (Wildman–Crippen LogP) is 4.22. The topological polar surface area (TPSA) is 43.4 Å². The number of ketones is 1. The van der Waals surface area contributed by atoms with Crippen LogP contribution < -0.4 is 0 Å². The Morgan fingerprint density at radius 1 is 1.08 bits per heavy atom. The molecular weight excluding hydrogens is 300 g/mol. The van der Waals surface area contributed by atoms with Gasteiger partial charge in [-0.1, -0.05) is 23.8 Å². The summed E-state index contributed by atoms with van der Waals surface area (Å²) in [6.07, 6.45) is 2.42. The number of ether oxygens (including phenoxy) is 1. The fourth-order valence-electron chi connectivity index (χ4n) is 3.08. The second-order valence-corrected chi connectivity index (χ2v) is 6.35. The van der Waals surface area contributed by atoms with E-state index in [1.165, 1.54) is 12.7 Å². The van der Waals surface area contributed by atoms with Crippen molar-refractivity contribution < 1.29 is 14.3 Å². The highest BCUT2D eigenvalue weighted by Gasteiger charge is 2.26. The van der Waals surface area contributed by atoms with Crippen molar-refractivity contribution in [2.75, 3.05) is 7.11 Å². The highest BCUT2D eigenvalue weighted by Crippen LogP contribution is 2.30. The Balaban J connectivity index is 2.05. The lowest BCUT2D eigenvalue weighted by atomic mass is 10.0. The van der Waals surface area contributed by atoms with Gasteiger partial charge in [-0.15, -0.1) is 0 Å². The van der Waals surface area contributed by atoms with Crippen LogP contribution in [0.2, 0.25) is 0 Å². The van der Waals surface area contributed by atoms with Crippen molar-refractivity contribution in [2.24, 2.45) is 0 Å². The maximum Gasteiger partial charge on any atom is 0.338 e. The third-order valence-corrected chi connectivity index (χ3v) is 4.58. The molecule has 0 saturated carbocycles. The first-order chi connectivity index (χ1) is 11.4. The maximum atomic E-state index is 12.7. The van der Waals surface area contributed by atoms with Gasteiger partial charge in [-0.25, -0.2) is 4.79 Å². The van der Waals surface area contributed by atoms with Crippen molar-refractivity contribution >= 4 is 17.8 Å². The van der Waals surface area contributed by atoms with E-state index in [-0.39, 0.29) is 11.8 Å². The van der Waals surface area contributed by atoms with Gasteiger partial charge >= 0.3 is 5.97 Å². The Hall–Kier alpha value is -2.68. The van der Waals surface area contributed by atoms with Crippen LogP contribution in [0.3, 0.4) is 0 Å². The average molecular weight is 320 g/mol. The van der Waals surface area contributed by atoms with E-state index < -0.39 is 0 Å². The fraction of sp³-hybridized carbons (Fsp3) is 0.238. The fourth-order valence-corrected chi connectivity index (χ4v) is 3.08. The first-order valence-electron chi connectivity index (χ1n) is 7.95. The molecule has 0 amide bonds. The van der Waals surface area contributed by atoms with E-state index in [9.17, 15) is 9.59 Å². The summed E-state index contributed by atoms with van der Waals surface area (Å²) in [5, 5.41) is 0. The summed E-state index contributed by atoms with van der Waals surface area (Å²) in [5.41, 5.74) is 7.03. The number of hydrogen-bond donors (Lipinski definition) is 0. The number of Topliss-reactive ketones (excluding diaryl/α,β-unsaturated/α-hetero) is 1. The van der Waals surface area contributed by atoms with Gasteiger partial charge in [0.05, 0.1) is 12.7 Å². The van der Waals surface area contributed by atoms with Crippen LogP contribution in [-0.4, -0.2) is 18.9 Å². The van der Waals surface area contributed by atoms with Crippen LogP contribution in [0.1, 0.15) is 48.5 Å². The maximum absolute atomic E-state index is 12.7. The largest absolute Gasteiger partial charge is 0.465 e. The van der Waals surface area contributed by atoms with Gasteiger partial charge in [0.15, 0.2) is 5.78 Å². The van der Waals surface area contributed by atoms with Crippen LogP contribution in [0.5, 0.6) is 0 Å². The zero-order chi connectivity index (χ0) is 17.4. The normalized spacial score (nSPS) is 14.8. The van der Waals surface area contributed by atoms with E-state index in [2.05, 4.69) is 13.0 Å². The van der Waals surface area contributed by atoms with Gasteiger partial charge in [-0.05, 0) is 61.2 Å². The van der Waals surface area contributed by atoms with Crippen molar-refractivity contribution in [3.05, 3.63) is 74.8 Å². The number of carbonyl (C=O) groups is 2. The molecular formula is C21H20O3. The number of aryl methyl sites for hydroxylation is 3. The molecule has 0 saturated heterocycles. The standard InChI is InChI=1S/C21H20O3/c1-12-5-6-15(19(7-12)21(23)24-4)10-17-11-16-8-13(2)14(3)9-18(16)20(17)22/h5-10H,11H2,1-4H3/b17-10+. The van der Waals surface area contributed by atoms with E-state index in [0.717, 1.165) is 27.8 Å². The number of rotatable bonds is 2. The van der Waals surface area contributed by atoms with Crippen molar-refractivity contribution in [3.63, 3.8) is 0 Å². The molecule has 3 heteroatoms. The molecule has 0 aromatic heterocycles. The zero-order valence-electron chi connectivity index (χ0n) is 14.4. The average Bonchev–Trinajstić information content (AvgIpc) is 2.84. The number of hydrogen-bond acceptors (Lipinski definition) is 3. The minimum Gasteiger partial charge on any atom is -0.465 e. The highest BCUT2D eigenvalue weighted by atomic mass is 16.5. The summed E-state index contributed by atoms with van der Waals surface area (Å²) in [6.45, 7) is 5.99. The Labute approximate surface area is 142 Å². The molecule has 0 bridgehead atoms. The minimum atomic E-state index is -0.389. The Kier molecular flexibility index (Phi) is 4.10. The molecule has 24 heavy (non-hydrogen) atoms. The van der Waals surface area contributed by atoms with Gasteiger partial charge in [0.2, 0.25) is 0 Å². The molecule has 0 unspecified atom stereocenters. The van der Waals surface area contributed by atoms with Gasteiger partial charge in [-0.3, -0.25) is 4.79 Å². The third kappa shape index (κ3) is 2.78. The Bertz CT molecular complexity index is 888. The summed E-state index contributed by atoms with van der Waals surface area (Å²) in [7, 11) is 1.36. The van der Waals surface area contributed by atoms with Crippen LogP contribution >= 0.6 is 0 Å². The highest BCUT2D eigenvalue weighted by molar-refractivity contribution is 6.16. The number of methoxy groups -OCH3 is 1. The molecule has 0 fully saturated rings. The van der Waals surface area contributed by atoms with Crippen LogP contribution in [0.25, 0.3) is 6.08 Å². The number of fused-ring (bicyclic) bond motifs is 1. The number of esters is 1. The molecule has 2 aromatic carbocycles. The molecule has 122 valence electrons.